The number of anilines is 1. The fourth-order valence-electron chi connectivity index (χ4n) is 4.59. The molecular weight excluding hydrogens is 434 g/mol. The van der Waals surface area contributed by atoms with E-state index in [4.69, 9.17) is 9.47 Å². The van der Waals surface area contributed by atoms with Gasteiger partial charge in [0.2, 0.25) is 0 Å². The number of hydrogen-bond acceptors (Lipinski definition) is 6. The molecule has 1 amide bonds. The molecule has 0 saturated carbocycles. The van der Waals surface area contributed by atoms with E-state index in [0.717, 1.165) is 17.3 Å². The number of para-hydroxylation sites is 1. The summed E-state index contributed by atoms with van der Waals surface area (Å²) in [5.41, 5.74) is 0.931. The maximum absolute atomic E-state index is 13.7. The smallest absolute Gasteiger partial charge is 0.345 e. The van der Waals surface area contributed by atoms with E-state index >= 15 is 0 Å². The van der Waals surface area contributed by atoms with Crippen molar-refractivity contribution in [2.24, 2.45) is 5.41 Å². The monoisotopic (exact) mass is 467 g/mol. The number of pyridine rings is 1. The number of hydrogen-bond donors (Lipinski definition) is 0. The van der Waals surface area contributed by atoms with Gasteiger partial charge in [0, 0.05) is 44.5 Å². The second kappa shape index (κ2) is 9.52. The van der Waals surface area contributed by atoms with Crippen LogP contribution in [0.4, 0.5) is 5.69 Å². The van der Waals surface area contributed by atoms with Gasteiger partial charge in [-0.2, -0.15) is 0 Å². The van der Waals surface area contributed by atoms with Crippen LogP contribution in [0.3, 0.4) is 0 Å². The second-order valence-corrected chi connectivity index (χ2v) is 9.90. The molecule has 8 heteroatoms. The summed E-state index contributed by atoms with van der Waals surface area (Å²) in [7, 11) is 0. The van der Waals surface area contributed by atoms with Crippen LogP contribution in [0.15, 0.2) is 40.9 Å². The fraction of sp³-hybridized carbons (Fsp3) is 0.500. The van der Waals surface area contributed by atoms with E-state index in [1.165, 1.54) is 0 Å². The molecule has 0 spiro atoms. The van der Waals surface area contributed by atoms with Crippen LogP contribution in [0.2, 0.25) is 0 Å². The van der Waals surface area contributed by atoms with Crippen molar-refractivity contribution in [2.45, 2.75) is 40.7 Å². The number of esters is 1. The summed E-state index contributed by atoms with van der Waals surface area (Å²) < 4.78 is 12.5. The SMILES string of the molecule is CCOC(=O)c1c(N2CCN(C(=O)C3=CCCO3)CC2)c2ccccc2n(CC(C)(C)C)c1=O. The van der Waals surface area contributed by atoms with Crippen molar-refractivity contribution in [1.82, 2.24) is 9.47 Å². The third-order valence-electron chi connectivity index (χ3n) is 6.06. The van der Waals surface area contributed by atoms with Crippen LogP contribution >= 0.6 is 0 Å². The Bertz CT molecular complexity index is 1180. The molecule has 2 aromatic rings. The first kappa shape index (κ1) is 23.9. The van der Waals surface area contributed by atoms with E-state index in [2.05, 4.69) is 20.8 Å². The Morgan fingerprint density at radius 3 is 2.41 bits per heavy atom. The maximum atomic E-state index is 13.7. The average molecular weight is 468 g/mol. The molecule has 34 heavy (non-hydrogen) atoms. The van der Waals surface area contributed by atoms with Gasteiger partial charge in [0.05, 0.1) is 24.4 Å². The van der Waals surface area contributed by atoms with Gasteiger partial charge >= 0.3 is 5.97 Å². The molecule has 182 valence electrons. The molecule has 1 aromatic heterocycles. The maximum Gasteiger partial charge on any atom is 0.345 e. The first-order valence-electron chi connectivity index (χ1n) is 11.9. The molecule has 0 radical (unpaired) electrons. The Hall–Kier alpha value is -3.29. The molecule has 2 aliphatic heterocycles. The van der Waals surface area contributed by atoms with Crippen LogP contribution in [-0.2, 0) is 20.8 Å². The molecule has 0 aliphatic carbocycles. The van der Waals surface area contributed by atoms with Crippen LogP contribution < -0.4 is 10.5 Å². The minimum absolute atomic E-state index is 0.0615. The molecule has 1 saturated heterocycles. The number of amides is 1. The minimum Gasteiger partial charge on any atom is -0.488 e. The van der Waals surface area contributed by atoms with Gasteiger partial charge in [-0.15, -0.1) is 0 Å². The van der Waals surface area contributed by atoms with Crippen molar-refractivity contribution >= 4 is 28.5 Å². The average Bonchev–Trinajstić information content (AvgIpc) is 3.34. The predicted octanol–water partition coefficient (Wildman–Crippen LogP) is 3.18. The minimum atomic E-state index is -0.612. The molecule has 0 atom stereocenters. The highest BCUT2D eigenvalue weighted by molar-refractivity contribution is 6.05. The van der Waals surface area contributed by atoms with E-state index in [0.29, 0.717) is 50.8 Å². The summed E-state index contributed by atoms with van der Waals surface area (Å²) in [5, 5.41) is 0.830. The molecule has 1 aromatic carbocycles. The first-order valence-corrected chi connectivity index (χ1v) is 11.9. The number of piperazine rings is 1. The highest BCUT2D eigenvalue weighted by atomic mass is 16.5. The van der Waals surface area contributed by atoms with Crippen molar-refractivity contribution in [1.29, 1.82) is 0 Å². The molecule has 8 nitrogen and oxygen atoms in total. The molecule has 0 bridgehead atoms. The largest absolute Gasteiger partial charge is 0.488 e. The first-order chi connectivity index (χ1) is 16.2. The Balaban J connectivity index is 1.77. The Kier molecular flexibility index (Phi) is 6.68. The van der Waals surface area contributed by atoms with Crippen LogP contribution in [0, 0.1) is 5.41 Å². The summed E-state index contributed by atoms with van der Waals surface area (Å²) in [6.07, 6.45) is 2.58. The number of fused-ring (bicyclic) bond motifs is 1. The van der Waals surface area contributed by atoms with E-state index < -0.39 is 5.97 Å². The second-order valence-electron chi connectivity index (χ2n) is 9.90. The zero-order valence-electron chi connectivity index (χ0n) is 20.4. The van der Waals surface area contributed by atoms with E-state index in [1.807, 2.05) is 35.2 Å². The third kappa shape index (κ3) is 4.67. The van der Waals surface area contributed by atoms with E-state index in [-0.39, 0.29) is 29.1 Å². The van der Waals surface area contributed by atoms with Crippen LogP contribution in [0.5, 0.6) is 0 Å². The number of rotatable bonds is 5. The van der Waals surface area contributed by atoms with Gasteiger partial charge in [0.25, 0.3) is 11.5 Å². The third-order valence-corrected chi connectivity index (χ3v) is 6.06. The number of carbonyl (C=O) groups excluding carboxylic acids is 2. The van der Waals surface area contributed by atoms with Gasteiger partial charge in [-0.1, -0.05) is 39.0 Å². The molecule has 2 aliphatic rings. The van der Waals surface area contributed by atoms with Gasteiger partial charge in [-0.3, -0.25) is 9.59 Å². The van der Waals surface area contributed by atoms with Crippen molar-refractivity contribution < 1.29 is 19.1 Å². The summed E-state index contributed by atoms with van der Waals surface area (Å²) in [6.45, 7) is 11.1. The standard InChI is InChI=1S/C26H33N3O5/c1-5-33-25(32)21-22(27-12-14-28(15-13-27)23(30)20-11-8-16-34-20)18-9-6-7-10-19(18)29(24(21)31)17-26(2,3)4/h6-7,9-11H,5,8,12-17H2,1-4H3. The number of aromatic nitrogens is 1. The molecular formula is C26H33N3O5. The van der Waals surface area contributed by atoms with Gasteiger partial charge in [-0.25, -0.2) is 4.79 Å². The van der Waals surface area contributed by atoms with Crippen molar-refractivity contribution in [3.8, 4) is 0 Å². The molecule has 0 N–H and O–H groups in total. The van der Waals surface area contributed by atoms with Crippen molar-refractivity contribution in [3.63, 3.8) is 0 Å². The van der Waals surface area contributed by atoms with Crippen LogP contribution in [0.1, 0.15) is 44.5 Å². The lowest BCUT2D eigenvalue weighted by atomic mass is 9.96. The van der Waals surface area contributed by atoms with Gasteiger partial charge < -0.3 is 23.8 Å². The summed E-state index contributed by atoms with van der Waals surface area (Å²) in [6, 6.07) is 7.68. The quantitative estimate of drug-likeness (QED) is 0.629. The zero-order valence-corrected chi connectivity index (χ0v) is 20.4. The van der Waals surface area contributed by atoms with Gasteiger partial charge in [0.1, 0.15) is 5.56 Å². The van der Waals surface area contributed by atoms with Crippen molar-refractivity contribution in [3.05, 3.63) is 52.0 Å². The lowest BCUT2D eigenvalue weighted by Gasteiger charge is -2.37. The summed E-state index contributed by atoms with van der Waals surface area (Å²) >= 11 is 0. The van der Waals surface area contributed by atoms with Crippen molar-refractivity contribution in [2.75, 3.05) is 44.3 Å². The predicted molar refractivity (Wildman–Crippen MR) is 131 cm³/mol. The van der Waals surface area contributed by atoms with Crippen LogP contribution in [0.25, 0.3) is 10.9 Å². The van der Waals surface area contributed by atoms with Gasteiger partial charge in [0.15, 0.2) is 5.76 Å². The van der Waals surface area contributed by atoms with Crippen LogP contribution in [-0.4, -0.2) is 60.7 Å². The normalized spacial score (nSPS) is 16.4. The number of benzene rings is 1. The van der Waals surface area contributed by atoms with E-state index in [9.17, 15) is 14.4 Å². The zero-order chi connectivity index (χ0) is 24.5. The summed E-state index contributed by atoms with van der Waals surface area (Å²) in [5.74, 6) is -0.303. The Morgan fingerprint density at radius 2 is 1.79 bits per heavy atom. The highest BCUT2D eigenvalue weighted by Crippen LogP contribution is 2.32. The topological polar surface area (TPSA) is 81.1 Å². The lowest BCUT2D eigenvalue weighted by Crippen LogP contribution is -2.50. The fourth-order valence-corrected chi connectivity index (χ4v) is 4.59. The molecule has 3 heterocycles. The number of carbonyl (C=O) groups is 2. The lowest BCUT2D eigenvalue weighted by molar-refractivity contribution is -0.130. The number of nitrogens with zero attached hydrogens (tertiary/aromatic N) is 3. The number of ether oxygens (including phenoxy) is 2. The van der Waals surface area contributed by atoms with Gasteiger partial charge in [-0.05, 0) is 24.5 Å². The summed E-state index contributed by atoms with van der Waals surface area (Å²) in [4.78, 5) is 43.4. The highest BCUT2D eigenvalue weighted by Gasteiger charge is 2.32. The molecule has 4 rings (SSSR count). The molecule has 0 unspecified atom stereocenters. The van der Waals surface area contributed by atoms with E-state index in [1.54, 1.807) is 16.4 Å². The molecule has 1 fully saturated rings. The Labute approximate surface area is 199 Å². The Morgan fingerprint density at radius 1 is 1.09 bits per heavy atom.